The molecule has 198 valence electrons. The SMILES string of the molecule is O=C(CCC1CCNC(OC(=O)C(F)(F)F)C1)Nc1cc2c3c(c(-c4ccccc4)[nH]c3c1)C=NNC2=O. The number of esters is 1. The predicted octanol–water partition coefficient (Wildman–Crippen LogP) is 4.06. The van der Waals surface area contributed by atoms with Crippen LogP contribution in [0.25, 0.3) is 22.2 Å². The predicted molar refractivity (Wildman–Crippen MR) is 133 cm³/mol. The Morgan fingerprint density at radius 2 is 1.95 bits per heavy atom. The van der Waals surface area contributed by atoms with Crippen LogP contribution < -0.4 is 16.1 Å². The number of nitrogens with zero attached hydrogens (tertiary/aromatic N) is 1. The smallest absolute Gasteiger partial charge is 0.440 e. The summed E-state index contributed by atoms with van der Waals surface area (Å²) in [6.45, 7) is 0.373. The molecule has 12 heteroatoms. The van der Waals surface area contributed by atoms with Gasteiger partial charge in [0.05, 0.1) is 17.5 Å². The van der Waals surface area contributed by atoms with Crippen molar-refractivity contribution in [3.63, 3.8) is 0 Å². The summed E-state index contributed by atoms with van der Waals surface area (Å²) >= 11 is 0. The van der Waals surface area contributed by atoms with Crippen molar-refractivity contribution in [3.05, 3.63) is 53.6 Å². The molecule has 0 spiro atoms. The van der Waals surface area contributed by atoms with Gasteiger partial charge in [-0.25, -0.2) is 10.2 Å². The maximum atomic E-state index is 12.7. The van der Waals surface area contributed by atoms with Gasteiger partial charge >= 0.3 is 12.1 Å². The number of piperidine rings is 1. The first-order chi connectivity index (χ1) is 18.2. The van der Waals surface area contributed by atoms with Gasteiger partial charge in [0, 0.05) is 35.0 Å². The molecule has 1 fully saturated rings. The fourth-order valence-electron chi connectivity index (χ4n) is 4.85. The van der Waals surface area contributed by atoms with Gasteiger partial charge in [0.15, 0.2) is 6.23 Å². The van der Waals surface area contributed by atoms with E-state index in [0.717, 1.165) is 16.8 Å². The molecule has 2 unspecified atom stereocenters. The first-order valence-electron chi connectivity index (χ1n) is 12.1. The molecule has 0 saturated carbocycles. The molecule has 1 aromatic heterocycles. The number of aromatic nitrogens is 1. The molecule has 2 atom stereocenters. The van der Waals surface area contributed by atoms with E-state index in [9.17, 15) is 27.6 Å². The van der Waals surface area contributed by atoms with Gasteiger partial charge in [0.2, 0.25) is 5.91 Å². The highest BCUT2D eigenvalue weighted by molar-refractivity contribution is 6.18. The maximum Gasteiger partial charge on any atom is 0.490 e. The minimum absolute atomic E-state index is 0.0949. The first-order valence-corrected chi connectivity index (χ1v) is 12.1. The van der Waals surface area contributed by atoms with E-state index >= 15 is 0 Å². The second-order valence-corrected chi connectivity index (χ2v) is 9.25. The quantitative estimate of drug-likeness (QED) is 0.360. The summed E-state index contributed by atoms with van der Waals surface area (Å²) in [6, 6.07) is 12.9. The number of amides is 2. The number of nitrogens with one attached hydrogen (secondary N) is 4. The van der Waals surface area contributed by atoms with E-state index in [-0.39, 0.29) is 24.7 Å². The fourth-order valence-corrected chi connectivity index (χ4v) is 4.85. The minimum Gasteiger partial charge on any atom is -0.440 e. The molecule has 9 nitrogen and oxygen atoms in total. The number of H-pyrrole nitrogens is 1. The normalized spacial score (nSPS) is 19.1. The van der Waals surface area contributed by atoms with E-state index in [1.165, 1.54) is 0 Å². The van der Waals surface area contributed by atoms with Crippen LogP contribution in [-0.2, 0) is 14.3 Å². The van der Waals surface area contributed by atoms with Gasteiger partial charge in [-0.3, -0.25) is 14.9 Å². The summed E-state index contributed by atoms with van der Waals surface area (Å²) < 4.78 is 42.0. The number of carbonyl (C=O) groups excluding carboxylic acids is 3. The number of benzene rings is 2. The fraction of sp³-hybridized carbons (Fsp3) is 0.308. The van der Waals surface area contributed by atoms with E-state index in [0.29, 0.717) is 41.5 Å². The van der Waals surface area contributed by atoms with Crippen LogP contribution in [0.15, 0.2) is 47.6 Å². The number of halogens is 3. The number of aromatic amines is 1. The van der Waals surface area contributed by atoms with Crippen molar-refractivity contribution in [2.24, 2.45) is 11.0 Å². The Balaban J connectivity index is 1.28. The topological polar surface area (TPSA) is 125 Å². The number of anilines is 1. The minimum atomic E-state index is -5.06. The molecule has 0 bridgehead atoms. The van der Waals surface area contributed by atoms with Gasteiger partial charge in [-0.05, 0) is 43.0 Å². The molecular weight excluding hydrogens is 503 g/mol. The summed E-state index contributed by atoms with van der Waals surface area (Å²) in [5, 5.41) is 10.3. The largest absolute Gasteiger partial charge is 0.490 e. The molecule has 0 radical (unpaired) electrons. The third-order valence-corrected chi connectivity index (χ3v) is 6.62. The second-order valence-electron chi connectivity index (χ2n) is 9.25. The summed E-state index contributed by atoms with van der Waals surface area (Å²) in [5.74, 6) is -3.04. The molecule has 3 heterocycles. The third kappa shape index (κ3) is 5.40. The second kappa shape index (κ2) is 10.3. The molecular formula is C26H24F3N5O4. The summed E-state index contributed by atoms with van der Waals surface area (Å²) in [4.78, 5) is 39.9. The lowest BCUT2D eigenvalue weighted by Gasteiger charge is -2.30. The zero-order valence-corrected chi connectivity index (χ0v) is 20.0. The van der Waals surface area contributed by atoms with E-state index in [1.54, 1.807) is 18.3 Å². The molecule has 5 rings (SSSR count). The Morgan fingerprint density at radius 3 is 2.71 bits per heavy atom. The number of ether oxygens (including phenoxy) is 1. The van der Waals surface area contributed by atoms with Crippen LogP contribution >= 0.6 is 0 Å². The number of hydrogen-bond acceptors (Lipinski definition) is 6. The van der Waals surface area contributed by atoms with Crippen molar-refractivity contribution in [1.29, 1.82) is 0 Å². The molecule has 2 aromatic carbocycles. The third-order valence-electron chi connectivity index (χ3n) is 6.62. The molecule has 1 saturated heterocycles. The van der Waals surface area contributed by atoms with Gasteiger partial charge in [-0.2, -0.15) is 18.3 Å². The lowest BCUT2D eigenvalue weighted by molar-refractivity contribution is -0.207. The zero-order chi connectivity index (χ0) is 26.9. The number of carbonyl (C=O) groups is 3. The Kier molecular flexibility index (Phi) is 6.89. The number of alkyl halides is 3. The Morgan fingerprint density at radius 1 is 1.16 bits per heavy atom. The van der Waals surface area contributed by atoms with Crippen LogP contribution in [0, 0.1) is 5.92 Å². The molecule has 2 amide bonds. The number of rotatable bonds is 6. The molecule has 2 aliphatic heterocycles. The summed E-state index contributed by atoms with van der Waals surface area (Å²) in [7, 11) is 0. The Labute approximate surface area is 214 Å². The van der Waals surface area contributed by atoms with Crippen molar-refractivity contribution in [3.8, 4) is 11.3 Å². The van der Waals surface area contributed by atoms with Crippen LogP contribution in [0.1, 0.15) is 41.6 Å². The average Bonchev–Trinajstić information content (AvgIpc) is 3.16. The highest BCUT2D eigenvalue weighted by Crippen LogP contribution is 2.34. The Bertz CT molecular complexity index is 1420. The zero-order valence-electron chi connectivity index (χ0n) is 20.0. The summed E-state index contributed by atoms with van der Waals surface area (Å²) in [5.41, 5.74) is 6.37. The van der Waals surface area contributed by atoms with E-state index in [4.69, 9.17) is 0 Å². The molecule has 3 aromatic rings. The van der Waals surface area contributed by atoms with Gasteiger partial charge in [0.1, 0.15) is 0 Å². The standard InChI is InChI=1S/C26H24F3N5O4/c27-26(28,29)25(37)38-21-10-14(8-9-30-21)6-7-20(35)32-16-11-17-22-18(13-31-34-24(17)36)23(33-19(22)12-16)15-4-2-1-3-5-15/h1-5,11-14,21,30,33H,6-10H2,(H,32,35)(H,34,36). The van der Waals surface area contributed by atoms with Crippen molar-refractivity contribution >= 4 is 40.6 Å². The van der Waals surface area contributed by atoms with Crippen LogP contribution in [0.4, 0.5) is 18.9 Å². The van der Waals surface area contributed by atoms with Gasteiger partial charge < -0.3 is 15.0 Å². The molecule has 4 N–H and O–H groups in total. The lowest BCUT2D eigenvalue weighted by Crippen LogP contribution is -2.43. The molecule has 2 aliphatic rings. The lowest BCUT2D eigenvalue weighted by atomic mass is 9.92. The first kappa shape index (κ1) is 25.5. The monoisotopic (exact) mass is 527 g/mol. The number of hydrogen-bond donors (Lipinski definition) is 4. The van der Waals surface area contributed by atoms with Gasteiger partial charge in [-0.1, -0.05) is 30.3 Å². The molecule has 38 heavy (non-hydrogen) atoms. The van der Waals surface area contributed by atoms with Crippen molar-refractivity contribution in [2.45, 2.75) is 38.1 Å². The highest BCUT2D eigenvalue weighted by Gasteiger charge is 2.42. The van der Waals surface area contributed by atoms with Crippen LogP contribution in [0.2, 0.25) is 0 Å². The van der Waals surface area contributed by atoms with Crippen LogP contribution in [0.5, 0.6) is 0 Å². The van der Waals surface area contributed by atoms with Gasteiger partial charge in [0.25, 0.3) is 5.91 Å². The van der Waals surface area contributed by atoms with E-state index in [1.807, 2.05) is 30.3 Å². The van der Waals surface area contributed by atoms with Crippen molar-refractivity contribution in [2.75, 3.05) is 11.9 Å². The van der Waals surface area contributed by atoms with Crippen LogP contribution in [0.3, 0.4) is 0 Å². The van der Waals surface area contributed by atoms with Crippen molar-refractivity contribution in [1.82, 2.24) is 15.7 Å². The van der Waals surface area contributed by atoms with E-state index in [2.05, 4.69) is 30.9 Å². The van der Waals surface area contributed by atoms with E-state index < -0.39 is 24.3 Å². The molecule has 0 aliphatic carbocycles. The highest BCUT2D eigenvalue weighted by atomic mass is 19.4. The Hall–Kier alpha value is -4.19. The van der Waals surface area contributed by atoms with Gasteiger partial charge in [-0.15, -0.1) is 0 Å². The maximum absolute atomic E-state index is 12.7. The van der Waals surface area contributed by atoms with Crippen LogP contribution in [-0.4, -0.2) is 47.9 Å². The summed E-state index contributed by atoms with van der Waals surface area (Å²) in [6.07, 6.45) is -3.19. The average molecular weight is 528 g/mol. The number of hydrazone groups is 1. The van der Waals surface area contributed by atoms with Crippen molar-refractivity contribution < 1.29 is 32.3 Å².